The highest BCUT2D eigenvalue weighted by molar-refractivity contribution is 7.80. The molecule has 2 rings (SSSR count). The normalized spacial score (nSPS) is 10.2. The highest BCUT2D eigenvalue weighted by Gasteiger charge is 2.06. The fourth-order valence-electron chi connectivity index (χ4n) is 1.18. The Hall–Kier alpha value is -1.60. The van der Waals surface area contributed by atoms with Gasteiger partial charge in [0.25, 0.3) is 0 Å². The molecule has 2 aromatic heterocycles. The molecule has 0 bridgehead atoms. The monoisotopic (exact) mass is 265 g/mol. The van der Waals surface area contributed by atoms with Crippen molar-refractivity contribution in [3.05, 3.63) is 28.5 Å². The first-order valence-corrected chi connectivity index (χ1v) is 6.12. The van der Waals surface area contributed by atoms with Crippen LogP contribution in [0.5, 0.6) is 0 Å². The largest absolute Gasteiger partial charge is 0.388 e. The molecule has 0 aliphatic carbocycles. The van der Waals surface area contributed by atoms with Crippen molar-refractivity contribution in [1.82, 2.24) is 15.0 Å². The highest BCUT2D eigenvalue weighted by Crippen LogP contribution is 2.23. The molecule has 0 fully saturated rings. The fourth-order valence-corrected chi connectivity index (χ4v) is 2.10. The maximum absolute atomic E-state index is 5.50. The minimum Gasteiger partial charge on any atom is -0.388 e. The van der Waals surface area contributed by atoms with Crippen molar-refractivity contribution in [3.8, 4) is 0 Å². The van der Waals surface area contributed by atoms with Gasteiger partial charge in [-0.1, -0.05) is 12.2 Å². The Balaban J connectivity index is 2.24. The topological polar surface area (TPSA) is 76.7 Å². The number of thiazole rings is 1. The summed E-state index contributed by atoms with van der Waals surface area (Å²) in [6, 6.07) is 1.67. The van der Waals surface area contributed by atoms with Gasteiger partial charge in [-0.3, -0.25) is 0 Å². The number of hydrogen-bond donors (Lipinski definition) is 2. The summed E-state index contributed by atoms with van der Waals surface area (Å²) < 4.78 is 0. The average molecular weight is 265 g/mol. The quantitative estimate of drug-likeness (QED) is 0.826. The third-order valence-electron chi connectivity index (χ3n) is 2.16. The second-order valence-corrected chi connectivity index (χ2v) is 5.06. The Morgan fingerprint density at radius 2 is 2.18 bits per heavy atom. The predicted octanol–water partition coefficient (Wildman–Crippen LogP) is 1.93. The van der Waals surface area contributed by atoms with Gasteiger partial charge in [0.2, 0.25) is 5.95 Å². The van der Waals surface area contributed by atoms with E-state index in [2.05, 4.69) is 20.3 Å². The lowest BCUT2D eigenvalue weighted by atomic mass is 10.4. The van der Waals surface area contributed by atoms with Crippen LogP contribution in [0.2, 0.25) is 0 Å². The number of aryl methyl sites for hydroxylation is 2. The standard InChI is InChI=1S/C10H11N5S2/c1-5-6(2)17-10(13-5)15-9-12-4-3-7(14-9)8(11)16/h3-4H,1-2H3,(H2,11,16)(H,12,13,14,15). The summed E-state index contributed by atoms with van der Waals surface area (Å²) in [6.07, 6.45) is 1.61. The van der Waals surface area contributed by atoms with E-state index in [1.165, 1.54) is 0 Å². The maximum atomic E-state index is 5.50. The first-order valence-electron chi connectivity index (χ1n) is 4.90. The molecule has 0 amide bonds. The predicted molar refractivity (Wildman–Crippen MR) is 72.8 cm³/mol. The minimum atomic E-state index is 0.252. The van der Waals surface area contributed by atoms with E-state index in [1.807, 2.05) is 13.8 Å². The van der Waals surface area contributed by atoms with E-state index in [0.717, 1.165) is 15.7 Å². The average Bonchev–Trinajstić information content (AvgIpc) is 2.58. The number of aromatic nitrogens is 3. The Morgan fingerprint density at radius 3 is 2.76 bits per heavy atom. The molecule has 2 aromatic rings. The van der Waals surface area contributed by atoms with Crippen molar-refractivity contribution < 1.29 is 0 Å². The summed E-state index contributed by atoms with van der Waals surface area (Å²) in [5.74, 6) is 0.448. The van der Waals surface area contributed by atoms with Crippen LogP contribution in [0.25, 0.3) is 0 Å². The van der Waals surface area contributed by atoms with Gasteiger partial charge in [-0.15, -0.1) is 11.3 Å². The van der Waals surface area contributed by atoms with Crippen molar-refractivity contribution in [2.45, 2.75) is 13.8 Å². The maximum Gasteiger partial charge on any atom is 0.229 e. The van der Waals surface area contributed by atoms with Crippen LogP contribution in [0, 0.1) is 13.8 Å². The molecular weight excluding hydrogens is 254 g/mol. The summed E-state index contributed by atoms with van der Waals surface area (Å²) in [5.41, 5.74) is 7.05. The number of thiocarbonyl (C=S) groups is 1. The van der Waals surface area contributed by atoms with E-state index in [4.69, 9.17) is 18.0 Å². The van der Waals surface area contributed by atoms with Gasteiger partial charge >= 0.3 is 0 Å². The molecule has 0 aromatic carbocycles. The fraction of sp³-hybridized carbons (Fsp3) is 0.200. The third-order valence-corrected chi connectivity index (χ3v) is 3.35. The summed E-state index contributed by atoms with van der Waals surface area (Å²) >= 11 is 6.42. The van der Waals surface area contributed by atoms with Gasteiger partial charge < -0.3 is 11.1 Å². The molecule has 7 heteroatoms. The van der Waals surface area contributed by atoms with Crippen LogP contribution in [-0.4, -0.2) is 19.9 Å². The zero-order valence-electron chi connectivity index (χ0n) is 9.39. The molecule has 88 valence electrons. The van der Waals surface area contributed by atoms with E-state index in [9.17, 15) is 0 Å². The van der Waals surface area contributed by atoms with Crippen LogP contribution in [0.15, 0.2) is 12.3 Å². The lowest BCUT2D eigenvalue weighted by Crippen LogP contribution is -2.12. The zero-order chi connectivity index (χ0) is 12.4. The molecule has 0 aliphatic rings. The lowest BCUT2D eigenvalue weighted by molar-refractivity contribution is 1.14. The second kappa shape index (κ2) is 4.72. The van der Waals surface area contributed by atoms with Crippen molar-refractivity contribution >= 4 is 39.6 Å². The van der Waals surface area contributed by atoms with Crippen LogP contribution < -0.4 is 11.1 Å². The Labute approximate surface area is 108 Å². The number of nitrogens with zero attached hydrogens (tertiary/aromatic N) is 3. The molecule has 3 N–H and O–H groups in total. The molecule has 17 heavy (non-hydrogen) atoms. The van der Waals surface area contributed by atoms with E-state index in [-0.39, 0.29) is 4.99 Å². The van der Waals surface area contributed by atoms with Crippen LogP contribution in [0.3, 0.4) is 0 Å². The molecule has 2 heterocycles. The second-order valence-electron chi connectivity index (χ2n) is 3.42. The molecule has 0 spiro atoms. The molecule has 5 nitrogen and oxygen atoms in total. The number of rotatable bonds is 3. The van der Waals surface area contributed by atoms with Crippen molar-refractivity contribution in [3.63, 3.8) is 0 Å². The Bertz CT molecular complexity index is 544. The van der Waals surface area contributed by atoms with Crippen molar-refractivity contribution in [1.29, 1.82) is 0 Å². The highest BCUT2D eigenvalue weighted by atomic mass is 32.1. The van der Waals surface area contributed by atoms with Gasteiger partial charge in [0.15, 0.2) is 5.13 Å². The minimum absolute atomic E-state index is 0.252. The number of hydrogen-bond acceptors (Lipinski definition) is 6. The van der Waals surface area contributed by atoms with Gasteiger partial charge in [-0.25, -0.2) is 15.0 Å². The zero-order valence-corrected chi connectivity index (χ0v) is 11.0. The van der Waals surface area contributed by atoms with E-state index < -0.39 is 0 Å². The van der Waals surface area contributed by atoms with E-state index in [0.29, 0.717) is 11.6 Å². The van der Waals surface area contributed by atoms with Crippen molar-refractivity contribution in [2.24, 2.45) is 5.73 Å². The first kappa shape index (κ1) is 11.9. The molecule has 0 saturated carbocycles. The third kappa shape index (κ3) is 2.75. The molecule has 0 radical (unpaired) electrons. The van der Waals surface area contributed by atoms with Gasteiger partial charge in [0.1, 0.15) is 10.7 Å². The van der Waals surface area contributed by atoms with Gasteiger partial charge in [0.05, 0.1) is 5.69 Å². The summed E-state index contributed by atoms with van der Waals surface area (Å²) in [6.45, 7) is 3.98. The molecule has 0 saturated heterocycles. The van der Waals surface area contributed by atoms with E-state index >= 15 is 0 Å². The lowest BCUT2D eigenvalue weighted by Gasteiger charge is -2.02. The van der Waals surface area contributed by atoms with Crippen LogP contribution in [0.4, 0.5) is 11.1 Å². The number of nitrogens with one attached hydrogen (secondary N) is 1. The first-order chi connectivity index (χ1) is 8.06. The van der Waals surface area contributed by atoms with Crippen molar-refractivity contribution in [2.75, 3.05) is 5.32 Å². The SMILES string of the molecule is Cc1nc(Nc2nccc(C(N)=S)n2)sc1C. The van der Waals surface area contributed by atoms with E-state index in [1.54, 1.807) is 23.6 Å². The van der Waals surface area contributed by atoms with Gasteiger partial charge in [0, 0.05) is 11.1 Å². The van der Waals surface area contributed by atoms with Gasteiger partial charge in [-0.05, 0) is 19.9 Å². The summed E-state index contributed by atoms with van der Waals surface area (Å²) in [7, 11) is 0. The Morgan fingerprint density at radius 1 is 1.41 bits per heavy atom. The number of anilines is 2. The van der Waals surface area contributed by atoms with Crippen LogP contribution in [-0.2, 0) is 0 Å². The van der Waals surface area contributed by atoms with Crippen LogP contribution >= 0.6 is 23.6 Å². The van der Waals surface area contributed by atoms with Gasteiger partial charge in [-0.2, -0.15) is 0 Å². The summed E-state index contributed by atoms with van der Waals surface area (Å²) in [5, 5.41) is 3.79. The molecular formula is C10H11N5S2. The molecule has 0 atom stereocenters. The Kier molecular flexibility index (Phi) is 3.30. The molecule has 0 unspecified atom stereocenters. The smallest absolute Gasteiger partial charge is 0.229 e. The number of nitrogens with two attached hydrogens (primary N) is 1. The summed E-state index contributed by atoms with van der Waals surface area (Å²) in [4.78, 5) is 14.0. The molecule has 0 aliphatic heterocycles. The van der Waals surface area contributed by atoms with Crippen LogP contribution in [0.1, 0.15) is 16.3 Å².